The predicted molar refractivity (Wildman–Crippen MR) is 125 cm³/mol. The minimum absolute atomic E-state index is 0.319. The average molecular weight is 458 g/mol. The van der Waals surface area contributed by atoms with Gasteiger partial charge in [-0.15, -0.1) is 10.2 Å². The van der Waals surface area contributed by atoms with Crippen molar-refractivity contribution in [3.8, 4) is 5.75 Å². The first-order valence-electron chi connectivity index (χ1n) is 9.71. The number of ether oxygens (including phenoxy) is 1. The number of rotatable bonds is 7. The zero-order valence-electron chi connectivity index (χ0n) is 16.7. The normalized spacial score (nSPS) is 12.3. The van der Waals surface area contributed by atoms with Crippen molar-refractivity contribution in [3.05, 3.63) is 82.1 Å². The van der Waals surface area contributed by atoms with Gasteiger partial charge in [0, 0.05) is 23.4 Å². The Morgan fingerprint density at radius 3 is 2.67 bits per heavy atom. The summed E-state index contributed by atoms with van der Waals surface area (Å²) in [7, 11) is 0. The van der Waals surface area contributed by atoms with Crippen molar-refractivity contribution in [1.82, 2.24) is 14.8 Å². The van der Waals surface area contributed by atoms with Gasteiger partial charge in [-0.2, -0.15) is 0 Å². The van der Waals surface area contributed by atoms with Crippen LogP contribution in [0.3, 0.4) is 0 Å². The molecule has 0 bridgehead atoms. The van der Waals surface area contributed by atoms with Crippen LogP contribution in [-0.4, -0.2) is 14.8 Å². The third kappa shape index (κ3) is 4.43. The molecule has 4 aromatic rings. The van der Waals surface area contributed by atoms with Crippen molar-refractivity contribution in [3.63, 3.8) is 0 Å². The van der Waals surface area contributed by atoms with Crippen LogP contribution in [0.25, 0.3) is 10.8 Å². The summed E-state index contributed by atoms with van der Waals surface area (Å²) >= 11 is 14.0. The Balaban J connectivity index is 1.54. The standard InChI is InChI=1S/C23H21Cl2N3OS/c1-3-28-22(15(2)29-21-13-18(24)11-12-20(21)25)26-27-23(28)30-14-17-9-6-8-16-7-4-5-10-19(16)17/h4-13,15H,3,14H2,1-2H3. The lowest BCUT2D eigenvalue weighted by molar-refractivity contribution is 0.210. The highest BCUT2D eigenvalue weighted by molar-refractivity contribution is 7.98. The fourth-order valence-corrected chi connectivity index (χ4v) is 4.71. The molecule has 1 aromatic heterocycles. The van der Waals surface area contributed by atoms with Gasteiger partial charge in [-0.25, -0.2) is 0 Å². The minimum Gasteiger partial charge on any atom is -0.481 e. The molecule has 7 heteroatoms. The van der Waals surface area contributed by atoms with Crippen molar-refractivity contribution < 1.29 is 4.74 Å². The highest BCUT2D eigenvalue weighted by atomic mass is 35.5. The van der Waals surface area contributed by atoms with E-state index < -0.39 is 0 Å². The first-order valence-corrected chi connectivity index (χ1v) is 11.4. The van der Waals surface area contributed by atoms with Crippen LogP contribution in [0.4, 0.5) is 0 Å². The highest BCUT2D eigenvalue weighted by Crippen LogP contribution is 2.33. The molecule has 1 heterocycles. The Kier molecular flexibility index (Phi) is 6.52. The molecule has 0 amide bonds. The first-order chi connectivity index (χ1) is 14.6. The average Bonchev–Trinajstić information content (AvgIpc) is 3.18. The Hall–Kier alpha value is -2.21. The minimum atomic E-state index is -0.319. The van der Waals surface area contributed by atoms with Crippen LogP contribution < -0.4 is 4.74 Å². The van der Waals surface area contributed by atoms with Crippen LogP contribution in [0, 0.1) is 0 Å². The zero-order valence-corrected chi connectivity index (χ0v) is 19.0. The van der Waals surface area contributed by atoms with E-state index in [0.29, 0.717) is 15.8 Å². The fourth-order valence-electron chi connectivity index (χ4n) is 3.38. The summed E-state index contributed by atoms with van der Waals surface area (Å²) in [6.45, 7) is 4.76. The van der Waals surface area contributed by atoms with E-state index in [1.165, 1.54) is 16.3 Å². The molecule has 0 aliphatic rings. The van der Waals surface area contributed by atoms with Crippen LogP contribution >= 0.6 is 35.0 Å². The largest absolute Gasteiger partial charge is 0.481 e. The molecule has 1 atom stereocenters. The molecule has 0 N–H and O–H groups in total. The van der Waals surface area contributed by atoms with Crippen molar-refractivity contribution in [2.24, 2.45) is 0 Å². The van der Waals surface area contributed by atoms with Crippen LogP contribution in [0.1, 0.15) is 31.3 Å². The molecule has 0 spiro atoms. The van der Waals surface area contributed by atoms with Gasteiger partial charge in [-0.3, -0.25) is 0 Å². The molecular weight excluding hydrogens is 437 g/mol. The summed E-state index contributed by atoms with van der Waals surface area (Å²) in [5, 5.41) is 13.3. The van der Waals surface area contributed by atoms with Gasteiger partial charge in [0.15, 0.2) is 17.1 Å². The van der Waals surface area contributed by atoms with E-state index in [2.05, 4.69) is 64.2 Å². The number of nitrogens with zero attached hydrogens (tertiary/aromatic N) is 3. The summed E-state index contributed by atoms with van der Waals surface area (Å²) < 4.78 is 8.12. The van der Waals surface area contributed by atoms with E-state index >= 15 is 0 Å². The van der Waals surface area contributed by atoms with E-state index in [1.54, 1.807) is 30.0 Å². The number of aromatic nitrogens is 3. The number of hydrogen-bond acceptors (Lipinski definition) is 4. The van der Waals surface area contributed by atoms with Crippen molar-refractivity contribution >= 4 is 45.7 Å². The molecular formula is C23H21Cl2N3OS. The van der Waals surface area contributed by atoms with E-state index in [1.807, 2.05) is 6.92 Å². The molecule has 0 aliphatic carbocycles. The van der Waals surface area contributed by atoms with Crippen molar-refractivity contribution in [1.29, 1.82) is 0 Å². The van der Waals surface area contributed by atoms with Gasteiger partial charge in [0.2, 0.25) is 0 Å². The molecule has 154 valence electrons. The summed E-state index contributed by atoms with van der Waals surface area (Å²) in [6.07, 6.45) is -0.319. The van der Waals surface area contributed by atoms with Gasteiger partial charge in [-0.1, -0.05) is 77.4 Å². The number of fused-ring (bicyclic) bond motifs is 1. The van der Waals surface area contributed by atoms with E-state index in [9.17, 15) is 0 Å². The van der Waals surface area contributed by atoms with Gasteiger partial charge in [-0.05, 0) is 42.3 Å². The number of benzene rings is 3. The molecule has 0 aliphatic heterocycles. The topological polar surface area (TPSA) is 39.9 Å². The Bertz CT molecular complexity index is 1170. The van der Waals surface area contributed by atoms with Crippen LogP contribution in [0.2, 0.25) is 10.0 Å². The van der Waals surface area contributed by atoms with Gasteiger partial charge < -0.3 is 9.30 Å². The molecule has 4 rings (SSSR count). The van der Waals surface area contributed by atoms with E-state index in [4.69, 9.17) is 27.9 Å². The molecule has 0 saturated carbocycles. The fraction of sp³-hybridized carbons (Fsp3) is 0.217. The molecule has 4 nitrogen and oxygen atoms in total. The van der Waals surface area contributed by atoms with E-state index in [0.717, 1.165) is 23.3 Å². The molecule has 0 fully saturated rings. The number of halogens is 2. The quantitative estimate of drug-likeness (QED) is 0.275. The smallest absolute Gasteiger partial charge is 0.191 e. The SMILES string of the molecule is CCn1c(SCc2cccc3ccccc23)nnc1C(C)Oc1cc(Cl)ccc1Cl. The summed E-state index contributed by atoms with van der Waals surface area (Å²) in [5.41, 5.74) is 1.28. The monoisotopic (exact) mass is 457 g/mol. The second-order valence-electron chi connectivity index (χ2n) is 6.85. The van der Waals surface area contributed by atoms with Gasteiger partial charge in [0.05, 0.1) is 5.02 Å². The highest BCUT2D eigenvalue weighted by Gasteiger charge is 2.20. The third-order valence-corrected chi connectivity index (χ3v) is 6.42. The summed E-state index contributed by atoms with van der Waals surface area (Å²) in [5.74, 6) is 2.11. The molecule has 0 radical (unpaired) electrons. The van der Waals surface area contributed by atoms with Gasteiger partial charge in [0.1, 0.15) is 5.75 Å². The Labute approximate surface area is 190 Å². The van der Waals surface area contributed by atoms with Gasteiger partial charge in [0.25, 0.3) is 0 Å². The predicted octanol–water partition coefficient (Wildman–Crippen LogP) is 7.19. The van der Waals surface area contributed by atoms with Crippen LogP contribution in [-0.2, 0) is 12.3 Å². The Morgan fingerprint density at radius 1 is 1.03 bits per heavy atom. The van der Waals surface area contributed by atoms with Crippen LogP contribution in [0.15, 0.2) is 65.8 Å². The Morgan fingerprint density at radius 2 is 1.83 bits per heavy atom. The second-order valence-corrected chi connectivity index (χ2v) is 8.63. The lowest BCUT2D eigenvalue weighted by Crippen LogP contribution is -2.12. The first kappa shape index (κ1) is 21.0. The maximum absolute atomic E-state index is 6.24. The zero-order chi connectivity index (χ0) is 21.1. The number of hydrogen-bond donors (Lipinski definition) is 0. The second kappa shape index (κ2) is 9.29. The maximum atomic E-state index is 6.24. The summed E-state index contributed by atoms with van der Waals surface area (Å²) in [4.78, 5) is 0. The van der Waals surface area contributed by atoms with E-state index in [-0.39, 0.29) is 6.10 Å². The summed E-state index contributed by atoms with van der Waals surface area (Å²) in [6, 6.07) is 20.0. The molecule has 30 heavy (non-hydrogen) atoms. The van der Waals surface area contributed by atoms with Crippen molar-refractivity contribution in [2.75, 3.05) is 0 Å². The lowest BCUT2D eigenvalue weighted by Gasteiger charge is -2.16. The molecule has 3 aromatic carbocycles. The van der Waals surface area contributed by atoms with Gasteiger partial charge >= 0.3 is 0 Å². The van der Waals surface area contributed by atoms with Crippen LogP contribution in [0.5, 0.6) is 5.75 Å². The lowest BCUT2D eigenvalue weighted by atomic mass is 10.1. The number of thioether (sulfide) groups is 1. The van der Waals surface area contributed by atoms with Crippen molar-refractivity contribution in [2.45, 2.75) is 37.4 Å². The molecule has 1 unspecified atom stereocenters. The molecule has 0 saturated heterocycles. The third-order valence-electron chi connectivity index (χ3n) is 4.86. The maximum Gasteiger partial charge on any atom is 0.191 e.